The average Bonchev–Trinajstić information content (AvgIpc) is 2.63. The third-order valence-electron chi connectivity index (χ3n) is 3.94. The summed E-state index contributed by atoms with van der Waals surface area (Å²) in [5, 5.41) is 0. The summed E-state index contributed by atoms with van der Waals surface area (Å²) in [7, 11) is 0. The molecule has 1 amide bonds. The molecule has 0 saturated carbocycles. The van der Waals surface area contributed by atoms with Crippen molar-refractivity contribution >= 4 is 5.91 Å². The Bertz CT molecular complexity index is 639. The quantitative estimate of drug-likeness (QED) is 0.869. The van der Waals surface area contributed by atoms with E-state index in [9.17, 15) is 4.79 Å². The van der Waals surface area contributed by atoms with E-state index in [2.05, 4.69) is 0 Å². The van der Waals surface area contributed by atoms with E-state index in [0.29, 0.717) is 31.9 Å². The van der Waals surface area contributed by atoms with Gasteiger partial charge in [0.05, 0.1) is 19.8 Å². The fraction of sp³-hybridized carbons (Fsp3) is 0.316. The number of carbonyl (C=O) groups excluding carboxylic acids is 1. The van der Waals surface area contributed by atoms with E-state index in [1.165, 1.54) is 0 Å². The first kappa shape index (κ1) is 15.6. The molecule has 0 aliphatic carbocycles. The van der Waals surface area contributed by atoms with Crippen LogP contribution < -0.4 is 4.74 Å². The fourth-order valence-electron chi connectivity index (χ4n) is 2.75. The molecule has 2 aromatic rings. The van der Waals surface area contributed by atoms with Gasteiger partial charge in [0.25, 0.3) is 5.91 Å². The number of benzene rings is 2. The normalized spacial score (nSPS) is 17.8. The molecule has 1 fully saturated rings. The zero-order chi connectivity index (χ0) is 16.1. The van der Waals surface area contributed by atoms with Crippen molar-refractivity contribution in [1.29, 1.82) is 0 Å². The molecule has 1 atom stereocenters. The minimum absolute atomic E-state index is 0.0391. The van der Waals surface area contributed by atoms with E-state index >= 15 is 0 Å². The van der Waals surface area contributed by atoms with Crippen LogP contribution in [0.4, 0.5) is 0 Å². The molecule has 0 bridgehead atoms. The third kappa shape index (κ3) is 3.71. The van der Waals surface area contributed by atoms with Gasteiger partial charge in [-0.1, -0.05) is 30.3 Å². The largest absolute Gasteiger partial charge is 0.494 e. The Hall–Kier alpha value is -2.33. The minimum atomic E-state index is -0.0587. The highest BCUT2D eigenvalue weighted by atomic mass is 16.5. The molecule has 2 aromatic carbocycles. The molecule has 0 N–H and O–H groups in total. The summed E-state index contributed by atoms with van der Waals surface area (Å²) in [6.45, 7) is 4.32. The maximum Gasteiger partial charge on any atom is 0.254 e. The summed E-state index contributed by atoms with van der Waals surface area (Å²) in [4.78, 5) is 14.5. The molecule has 1 saturated heterocycles. The van der Waals surface area contributed by atoms with Crippen LogP contribution in [0.3, 0.4) is 0 Å². The molecule has 0 spiro atoms. The van der Waals surface area contributed by atoms with Crippen LogP contribution in [0.15, 0.2) is 54.6 Å². The van der Waals surface area contributed by atoms with E-state index in [1.807, 2.05) is 66.4 Å². The smallest absolute Gasteiger partial charge is 0.254 e. The predicted molar refractivity (Wildman–Crippen MR) is 88.6 cm³/mol. The van der Waals surface area contributed by atoms with E-state index in [-0.39, 0.29) is 12.0 Å². The number of carbonyl (C=O) groups is 1. The van der Waals surface area contributed by atoms with Crippen molar-refractivity contribution in [3.8, 4) is 5.75 Å². The summed E-state index contributed by atoms with van der Waals surface area (Å²) in [6, 6.07) is 17.4. The first-order valence-electron chi connectivity index (χ1n) is 7.96. The van der Waals surface area contributed by atoms with Gasteiger partial charge in [0.15, 0.2) is 0 Å². The number of amides is 1. The van der Waals surface area contributed by atoms with Gasteiger partial charge in [-0.25, -0.2) is 0 Å². The lowest BCUT2D eigenvalue weighted by Gasteiger charge is -2.33. The highest BCUT2D eigenvalue weighted by molar-refractivity contribution is 5.94. The molecule has 0 unspecified atom stereocenters. The van der Waals surface area contributed by atoms with Gasteiger partial charge in [0.1, 0.15) is 11.9 Å². The van der Waals surface area contributed by atoms with E-state index in [0.717, 1.165) is 11.3 Å². The van der Waals surface area contributed by atoms with Crippen LogP contribution in [0.2, 0.25) is 0 Å². The summed E-state index contributed by atoms with van der Waals surface area (Å²) < 4.78 is 11.2. The van der Waals surface area contributed by atoms with Gasteiger partial charge in [-0.3, -0.25) is 4.79 Å². The Morgan fingerprint density at radius 2 is 1.91 bits per heavy atom. The minimum Gasteiger partial charge on any atom is -0.494 e. The van der Waals surface area contributed by atoms with E-state index < -0.39 is 0 Å². The molecule has 23 heavy (non-hydrogen) atoms. The number of rotatable bonds is 4. The van der Waals surface area contributed by atoms with E-state index in [4.69, 9.17) is 9.47 Å². The second-order valence-corrected chi connectivity index (χ2v) is 5.48. The lowest BCUT2D eigenvalue weighted by atomic mass is 10.1. The van der Waals surface area contributed by atoms with Crippen LogP contribution in [0.5, 0.6) is 5.75 Å². The molecule has 120 valence electrons. The maximum absolute atomic E-state index is 12.7. The van der Waals surface area contributed by atoms with Crippen molar-refractivity contribution in [2.45, 2.75) is 13.0 Å². The third-order valence-corrected chi connectivity index (χ3v) is 3.94. The van der Waals surface area contributed by atoms with Gasteiger partial charge in [-0.15, -0.1) is 0 Å². The zero-order valence-corrected chi connectivity index (χ0v) is 13.3. The number of ether oxygens (including phenoxy) is 2. The van der Waals surface area contributed by atoms with Gasteiger partial charge < -0.3 is 14.4 Å². The van der Waals surface area contributed by atoms with Crippen molar-refractivity contribution in [3.63, 3.8) is 0 Å². The molecule has 0 aromatic heterocycles. The Labute approximate surface area is 136 Å². The number of hydrogen-bond acceptors (Lipinski definition) is 3. The van der Waals surface area contributed by atoms with Gasteiger partial charge in [-0.05, 0) is 36.8 Å². The number of hydrogen-bond donors (Lipinski definition) is 0. The monoisotopic (exact) mass is 311 g/mol. The molecular weight excluding hydrogens is 290 g/mol. The topological polar surface area (TPSA) is 38.8 Å². The number of morpholine rings is 1. The summed E-state index contributed by atoms with van der Waals surface area (Å²) in [5.74, 6) is 0.825. The second kappa shape index (κ2) is 7.29. The molecular formula is C19H21NO3. The summed E-state index contributed by atoms with van der Waals surface area (Å²) >= 11 is 0. The Morgan fingerprint density at radius 3 is 2.61 bits per heavy atom. The first-order valence-corrected chi connectivity index (χ1v) is 7.96. The highest BCUT2D eigenvalue weighted by Crippen LogP contribution is 2.23. The molecule has 4 nitrogen and oxygen atoms in total. The summed E-state index contributed by atoms with van der Waals surface area (Å²) in [6.07, 6.45) is -0.0587. The van der Waals surface area contributed by atoms with E-state index in [1.54, 1.807) is 0 Å². The van der Waals surface area contributed by atoms with Gasteiger partial charge in [0.2, 0.25) is 0 Å². The second-order valence-electron chi connectivity index (χ2n) is 5.48. The van der Waals surface area contributed by atoms with Crippen LogP contribution in [-0.2, 0) is 4.74 Å². The van der Waals surface area contributed by atoms with Gasteiger partial charge in [-0.2, -0.15) is 0 Å². The molecule has 1 heterocycles. The van der Waals surface area contributed by atoms with Crippen LogP contribution in [-0.4, -0.2) is 37.1 Å². The Kier molecular flexibility index (Phi) is 4.93. The lowest BCUT2D eigenvalue weighted by Crippen LogP contribution is -2.42. The highest BCUT2D eigenvalue weighted by Gasteiger charge is 2.25. The standard InChI is InChI=1S/C19H21NO3/c1-2-22-17-10-8-16(9-11-17)19(21)20-12-13-23-18(14-20)15-6-4-3-5-7-15/h3-11,18H,2,12-14H2,1H3/t18-/m0/s1. The zero-order valence-electron chi connectivity index (χ0n) is 13.3. The van der Waals surface area contributed by atoms with Crippen molar-refractivity contribution in [1.82, 2.24) is 4.90 Å². The number of nitrogens with zero attached hydrogens (tertiary/aromatic N) is 1. The lowest BCUT2D eigenvalue weighted by molar-refractivity contribution is -0.0228. The van der Waals surface area contributed by atoms with Gasteiger partial charge >= 0.3 is 0 Å². The summed E-state index contributed by atoms with van der Waals surface area (Å²) in [5.41, 5.74) is 1.79. The average molecular weight is 311 g/mol. The Morgan fingerprint density at radius 1 is 1.17 bits per heavy atom. The van der Waals surface area contributed by atoms with Crippen LogP contribution >= 0.6 is 0 Å². The maximum atomic E-state index is 12.7. The first-order chi connectivity index (χ1) is 11.3. The SMILES string of the molecule is CCOc1ccc(C(=O)N2CCO[C@H](c3ccccc3)C2)cc1. The predicted octanol–water partition coefficient (Wildman–Crippen LogP) is 3.30. The van der Waals surface area contributed by atoms with Crippen molar-refractivity contribution < 1.29 is 14.3 Å². The van der Waals surface area contributed by atoms with Crippen molar-refractivity contribution in [2.24, 2.45) is 0 Å². The van der Waals surface area contributed by atoms with Gasteiger partial charge in [0, 0.05) is 12.1 Å². The molecule has 4 heteroatoms. The van der Waals surface area contributed by atoms with Crippen molar-refractivity contribution in [3.05, 3.63) is 65.7 Å². The molecule has 1 aliphatic heterocycles. The van der Waals surface area contributed by atoms with Crippen LogP contribution in [0.25, 0.3) is 0 Å². The van der Waals surface area contributed by atoms with Crippen molar-refractivity contribution in [2.75, 3.05) is 26.3 Å². The van der Waals surface area contributed by atoms with Crippen LogP contribution in [0.1, 0.15) is 28.9 Å². The Balaban J connectivity index is 1.69. The fourth-order valence-corrected chi connectivity index (χ4v) is 2.75. The molecule has 3 rings (SSSR count). The molecule has 0 radical (unpaired) electrons. The van der Waals surface area contributed by atoms with Crippen LogP contribution in [0, 0.1) is 0 Å². The molecule has 1 aliphatic rings.